The molecule has 0 aromatic heterocycles. The summed E-state index contributed by atoms with van der Waals surface area (Å²) in [5, 5.41) is 38.9. The second kappa shape index (κ2) is 15.2. The molecule has 0 spiro atoms. The molecule has 0 atom stereocenters. The second-order valence-electron chi connectivity index (χ2n) is 12.3. The van der Waals surface area contributed by atoms with Gasteiger partial charge in [-0.1, -0.05) is 18.2 Å². The maximum Gasteiger partial charge on any atom is 0.297 e. The Morgan fingerprint density at radius 3 is 1.70 bits per heavy atom. The number of hydrogen-bond acceptors (Lipinski definition) is 16. The first-order valence-electron chi connectivity index (χ1n) is 16.1. The molecule has 20 heteroatoms. The molecule has 0 bridgehead atoms. The average Bonchev–Trinajstić information content (AvgIpc) is 3.14. The molecule has 0 aliphatic heterocycles. The monoisotopic (exact) mass is 820 g/mol. The van der Waals surface area contributed by atoms with Crippen molar-refractivity contribution < 1.29 is 48.4 Å². The Labute approximate surface area is 320 Å². The zero-order valence-corrected chi connectivity index (χ0v) is 31.8. The fourth-order valence-corrected chi connectivity index (χ4v) is 8.09. The van der Waals surface area contributed by atoms with E-state index in [0.717, 1.165) is 20.3 Å². The van der Waals surface area contributed by atoms with E-state index in [2.05, 4.69) is 24.6 Å². The average molecular weight is 821 g/mol. The highest BCUT2D eigenvalue weighted by molar-refractivity contribution is 7.87. The van der Waals surface area contributed by atoms with Gasteiger partial charge in [-0.25, -0.2) is 0 Å². The minimum atomic E-state index is -4.39. The maximum atomic E-state index is 13.0. The van der Waals surface area contributed by atoms with E-state index >= 15 is 0 Å². The minimum absolute atomic E-state index is 0.114. The van der Waals surface area contributed by atoms with Gasteiger partial charge < -0.3 is 21.7 Å². The van der Waals surface area contributed by atoms with E-state index in [1.165, 1.54) is 48.5 Å². The first kappa shape index (κ1) is 39.7. The van der Waals surface area contributed by atoms with E-state index in [0.29, 0.717) is 22.2 Å². The van der Waals surface area contributed by atoms with E-state index in [1.807, 2.05) is 0 Å². The quantitative estimate of drug-likeness (QED) is 0.0358. The Morgan fingerprint density at radius 2 is 1.12 bits per heavy atom. The predicted molar refractivity (Wildman–Crippen MR) is 208 cm³/mol. The molecule has 0 aliphatic rings. The van der Waals surface area contributed by atoms with Crippen molar-refractivity contribution in [2.45, 2.75) is 22.0 Å². The highest BCUT2D eigenvalue weighted by Crippen LogP contribution is 2.40. The molecular weight excluding hydrogens is 789 g/mol. The van der Waals surface area contributed by atoms with Crippen LogP contribution in [0.2, 0.25) is 0 Å². The van der Waals surface area contributed by atoms with Crippen LogP contribution in [-0.2, 0) is 50.9 Å². The molecule has 0 radical (unpaired) electrons. The van der Waals surface area contributed by atoms with Gasteiger partial charge >= 0.3 is 0 Å². The standard InChI is InChI=1S/C36H32N6O11S3/c1-52-55(48,49)25-17-27-31(12-10-29(38)36(27)33(44)18-25)42-40-24-8-5-22(34(16-24)56(50,51)53-2)13-20-3-6-23(7-4-20)39-41-30-11-9-28(37)35-26(30)14-21(15-32(35)43)19-54(45,46)47/h3-12,14-18,43-44H,13,19,37-38H2,1-2H3,(H,45,46,47). The number of benzene rings is 6. The number of rotatable bonds is 12. The van der Waals surface area contributed by atoms with Gasteiger partial charge in [0.05, 0.1) is 46.8 Å². The number of nitrogens with two attached hydrogens (primary N) is 2. The molecule has 0 heterocycles. The second-order valence-corrected chi connectivity index (χ2v) is 17.1. The molecule has 0 amide bonds. The number of phenols is 2. The topological polar surface area (TPSA) is 283 Å². The Morgan fingerprint density at radius 1 is 0.589 bits per heavy atom. The Hall–Kier alpha value is -6.03. The van der Waals surface area contributed by atoms with Crippen LogP contribution in [0.3, 0.4) is 0 Å². The summed E-state index contributed by atoms with van der Waals surface area (Å²) in [6.45, 7) is 0. The van der Waals surface area contributed by atoms with Crippen LogP contribution in [0.4, 0.5) is 34.1 Å². The lowest BCUT2D eigenvalue weighted by Crippen LogP contribution is -2.07. The fraction of sp³-hybridized carbons (Fsp3) is 0.111. The van der Waals surface area contributed by atoms with Gasteiger partial charge in [0.2, 0.25) is 0 Å². The van der Waals surface area contributed by atoms with Gasteiger partial charge in [0.1, 0.15) is 17.3 Å². The maximum absolute atomic E-state index is 13.0. The van der Waals surface area contributed by atoms with Crippen molar-refractivity contribution in [2.75, 3.05) is 25.7 Å². The lowest BCUT2D eigenvalue weighted by atomic mass is 10.0. The predicted octanol–water partition coefficient (Wildman–Crippen LogP) is 7.05. The van der Waals surface area contributed by atoms with E-state index in [-0.39, 0.29) is 72.1 Å². The molecular formula is C36H32N6O11S3. The number of anilines is 2. The lowest BCUT2D eigenvalue weighted by Gasteiger charge is -2.11. The summed E-state index contributed by atoms with van der Waals surface area (Å²) in [7, 11) is -10.8. The normalized spacial score (nSPS) is 12.7. The summed E-state index contributed by atoms with van der Waals surface area (Å²) in [5.41, 5.74) is 14.6. The number of phenolic OH excluding ortho intramolecular Hbond substituents is 2. The molecule has 290 valence electrons. The molecule has 56 heavy (non-hydrogen) atoms. The van der Waals surface area contributed by atoms with Crippen molar-refractivity contribution in [3.8, 4) is 11.5 Å². The Balaban J connectivity index is 1.28. The van der Waals surface area contributed by atoms with E-state index in [1.54, 1.807) is 36.4 Å². The summed E-state index contributed by atoms with van der Waals surface area (Å²) in [6.07, 6.45) is 0.143. The zero-order valence-electron chi connectivity index (χ0n) is 29.4. The SMILES string of the molecule is COS(=O)(=O)c1cc(O)c2c(N)ccc(N=Nc3ccc(Cc4ccc(N=Nc5ccc(N)c6c(O)cc(CS(=O)(=O)O)cc56)cc4)c(S(=O)(=O)OC)c3)c2c1. The van der Waals surface area contributed by atoms with Gasteiger partial charge in [-0.2, -0.15) is 35.5 Å². The molecule has 6 aromatic rings. The van der Waals surface area contributed by atoms with Crippen LogP contribution in [0, 0.1) is 0 Å². The van der Waals surface area contributed by atoms with Crippen molar-refractivity contribution >= 4 is 86.0 Å². The van der Waals surface area contributed by atoms with Crippen LogP contribution in [0.1, 0.15) is 16.7 Å². The fourth-order valence-electron chi connectivity index (χ4n) is 5.89. The van der Waals surface area contributed by atoms with Gasteiger partial charge in [-0.05, 0) is 89.8 Å². The number of fused-ring (bicyclic) bond motifs is 2. The van der Waals surface area contributed by atoms with E-state index in [4.69, 9.17) is 15.7 Å². The van der Waals surface area contributed by atoms with Crippen LogP contribution in [-0.4, -0.2) is 54.2 Å². The van der Waals surface area contributed by atoms with Gasteiger partial charge in [-0.15, -0.1) is 10.2 Å². The molecule has 7 N–H and O–H groups in total. The molecule has 0 saturated heterocycles. The van der Waals surface area contributed by atoms with Crippen molar-refractivity contribution in [3.05, 3.63) is 108 Å². The molecule has 0 fully saturated rings. The lowest BCUT2D eigenvalue weighted by molar-refractivity contribution is 0.396. The molecule has 17 nitrogen and oxygen atoms in total. The number of azo groups is 2. The summed E-state index contributed by atoms with van der Waals surface area (Å²) >= 11 is 0. The molecule has 0 aliphatic carbocycles. The third-order valence-corrected chi connectivity index (χ3v) is 11.8. The van der Waals surface area contributed by atoms with Crippen molar-refractivity contribution in [1.82, 2.24) is 0 Å². The number of nitrogen functional groups attached to an aromatic ring is 2. The Kier molecular flexibility index (Phi) is 10.8. The van der Waals surface area contributed by atoms with E-state index in [9.17, 15) is 40.0 Å². The van der Waals surface area contributed by atoms with Crippen molar-refractivity contribution in [1.29, 1.82) is 0 Å². The summed E-state index contributed by atoms with van der Waals surface area (Å²) in [6, 6.07) is 21.9. The van der Waals surface area contributed by atoms with Gasteiger partial charge in [0.15, 0.2) is 0 Å². The largest absolute Gasteiger partial charge is 0.507 e. The molecule has 0 saturated carbocycles. The van der Waals surface area contributed by atoms with Crippen molar-refractivity contribution in [2.24, 2.45) is 20.5 Å². The summed E-state index contributed by atoms with van der Waals surface area (Å²) in [4.78, 5) is -0.521. The smallest absolute Gasteiger partial charge is 0.297 e. The summed E-state index contributed by atoms with van der Waals surface area (Å²) < 4.78 is 92.4. The minimum Gasteiger partial charge on any atom is -0.507 e. The first-order chi connectivity index (χ1) is 26.4. The van der Waals surface area contributed by atoms with Gasteiger partial charge in [0.25, 0.3) is 30.4 Å². The highest BCUT2D eigenvalue weighted by atomic mass is 32.2. The van der Waals surface area contributed by atoms with Crippen molar-refractivity contribution in [3.63, 3.8) is 0 Å². The molecule has 6 rings (SSSR count). The zero-order chi connectivity index (χ0) is 40.6. The van der Waals surface area contributed by atoms with Crippen LogP contribution < -0.4 is 11.5 Å². The third-order valence-electron chi connectivity index (χ3n) is 8.51. The molecule has 6 aromatic carbocycles. The van der Waals surface area contributed by atoms with E-state index < -0.39 is 41.9 Å². The summed E-state index contributed by atoms with van der Waals surface area (Å²) in [5.74, 6) is -1.45. The van der Waals surface area contributed by atoms with Gasteiger partial charge in [-0.3, -0.25) is 12.9 Å². The first-order valence-corrected chi connectivity index (χ1v) is 20.5. The third kappa shape index (κ3) is 8.44. The Bertz CT molecular complexity index is 2940. The van der Waals surface area contributed by atoms with Crippen LogP contribution in [0.25, 0.3) is 21.5 Å². The van der Waals surface area contributed by atoms with Crippen LogP contribution in [0.5, 0.6) is 11.5 Å². The number of aromatic hydroxyl groups is 2. The van der Waals surface area contributed by atoms with Crippen LogP contribution in [0.15, 0.2) is 121 Å². The highest BCUT2D eigenvalue weighted by Gasteiger charge is 2.21. The number of nitrogens with zero attached hydrogens (tertiary/aromatic N) is 4. The van der Waals surface area contributed by atoms with Crippen LogP contribution >= 0.6 is 0 Å². The molecule has 0 unspecified atom stereocenters. The van der Waals surface area contributed by atoms with Gasteiger partial charge in [0, 0.05) is 39.0 Å². The number of hydrogen-bond donors (Lipinski definition) is 5.